The molecule has 2 saturated carbocycles. The molecule has 7 rings (SSSR count). The summed E-state index contributed by atoms with van der Waals surface area (Å²) >= 11 is 0. The molecular formula is C31H33N5O2. The minimum atomic E-state index is -0.514. The SMILES string of the molecule is Cn1cc(-c2ccc(-c3ccc(C4=NC5(CC5)C(=O)N4CCC4CCN(C(=O)C5CC5)C4)cc3)cc2)cn1. The second-order valence-corrected chi connectivity index (χ2v) is 11.5. The molecule has 3 fully saturated rings. The van der Waals surface area contributed by atoms with Crippen molar-refractivity contribution >= 4 is 17.6 Å². The van der Waals surface area contributed by atoms with Crippen molar-refractivity contribution in [3.8, 4) is 22.3 Å². The van der Waals surface area contributed by atoms with Gasteiger partial charge in [-0.25, -0.2) is 0 Å². The van der Waals surface area contributed by atoms with Crippen molar-refractivity contribution in [3.05, 3.63) is 66.5 Å². The molecule has 1 saturated heterocycles. The van der Waals surface area contributed by atoms with Gasteiger partial charge in [-0.05, 0) is 61.1 Å². The van der Waals surface area contributed by atoms with Crippen molar-refractivity contribution in [2.75, 3.05) is 19.6 Å². The van der Waals surface area contributed by atoms with Crippen LogP contribution in [0.15, 0.2) is 65.9 Å². The first-order valence-electron chi connectivity index (χ1n) is 13.9. The van der Waals surface area contributed by atoms with Crippen molar-refractivity contribution < 1.29 is 9.59 Å². The van der Waals surface area contributed by atoms with E-state index in [9.17, 15) is 9.59 Å². The van der Waals surface area contributed by atoms with Gasteiger partial charge in [0.25, 0.3) is 5.91 Å². The summed E-state index contributed by atoms with van der Waals surface area (Å²) in [6, 6.07) is 17.0. The maximum atomic E-state index is 13.3. The minimum Gasteiger partial charge on any atom is -0.342 e. The molecular weight excluding hydrogens is 474 g/mol. The molecule has 0 radical (unpaired) electrons. The van der Waals surface area contributed by atoms with Gasteiger partial charge < -0.3 is 4.90 Å². The predicted molar refractivity (Wildman–Crippen MR) is 146 cm³/mol. The first kappa shape index (κ1) is 23.4. The Kier molecular flexibility index (Phi) is 5.49. The van der Waals surface area contributed by atoms with Gasteiger partial charge >= 0.3 is 0 Å². The second-order valence-electron chi connectivity index (χ2n) is 11.5. The molecule has 0 N–H and O–H groups in total. The molecule has 1 spiro atoms. The zero-order chi connectivity index (χ0) is 25.9. The molecule has 194 valence electrons. The van der Waals surface area contributed by atoms with E-state index in [1.54, 1.807) is 0 Å². The third-order valence-electron chi connectivity index (χ3n) is 8.63. The van der Waals surface area contributed by atoms with Crippen molar-refractivity contribution in [1.82, 2.24) is 19.6 Å². The van der Waals surface area contributed by atoms with E-state index in [1.807, 2.05) is 33.9 Å². The molecule has 7 nitrogen and oxygen atoms in total. The summed E-state index contributed by atoms with van der Waals surface area (Å²) < 4.78 is 1.81. The highest BCUT2D eigenvalue weighted by Crippen LogP contribution is 2.46. The number of hydrogen-bond donors (Lipinski definition) is 0. The quantitative estimate of drug-likeness (QED) is 0.472. The molecule has 3 aromatic rings. The fraction of sp³-hybridized carbons (Fsp3) is 0.419. The summed E-state index contributed by atoms with van der Waals surface area (Å²) in [4.78, 5) is 34.7. The Morgan fingerprint density at radius 1 is 0.921 bits per heavy atom. The number of rotatable bonds is 7. The van der Waals surface area contributed by atoms with Crippen LogP contribution in [0.1, 0.15) is 44.1 Å². The number of nitrogens with zero attached hydrogens (tertiary/aromatic N) is 5. The minimum absolute atomic E-state index is 0.159. The van der Waals surface area contributed by atoms with Crippen LogP contribution in [0, 0.1) is 11.8 Å². The smallest absolute Gasteiger partial charge is 0.256 e. The Morgan fingerprint density at radius 3 is 2.13 bits per heavy atom. The topological polar surface area (TPSA) is 70.8 Å². The van der Waals surface area contributed by atoms with Gasteiger partial charge in [0.15, 0.2) is 0 Å². The average molecular weight is 508 g/mol. The number of aryl methyl sites for hydroxylation is 1. The van der Waals surface area contributed by atoms with E-state index >= 15 is 0 Å². The lowest BCUT2D eigenvalue weighted by atomic mass is 10.0. The Labute approximate surface area is 223 Å². The van der Waals surface area contributed by atoms with Gasteiger partial charge in [0, 0.05) is 49.9 Å². The summed E-state index contributed by atoms with van der Waals surface area (Å²) in [5.74, 6) is 2.06. The van der Waals surface area contributed by atoms with E-state index < -0.39 is 5.54 Å². The maximum absolute atomic E-state index is 13.3. The first-order chi connectivity index (χ1) is 18.5. The number of carbonyl (C=O) groups excluding carboxylic acids is 2. The summed E-state index contributed by atoms with van der Waals surface area (Å²) in [6.45, 7) is 2.37. The monoisotopic (exact) mass is 507 g/mol. The number of aromatic nitrogens is 2. The number of likely N-dealkylation sites (tertiary alicyclic amines) is 1. The van der Waals surface area contributed by atoms with Crippen LogP contribution in [0.4, 0.5) is 0 Å². The molecule has 1 aromatic heterocycles. The second kappa shape index (κ2) is 8.93. The first-order valence-corrected chi connectivity index (χ1v) is 13.9. The van der Waals surface area contributed by atoms with Gasteiger partial charge in [-0.15, -0.1) is 0 Å². The van der Waals surface area contributed by atoms with Crippen LogP contribution in [0.2, 0.25) is 0 Å². The summed E-state index contributed by atoms with van der Waals surface area (Å²) in [6.07, 6.45) is 9.65. The lowest BCUT2D eigenvalue weighted by Gasteiger charge is -2.22. The van der Waals surface area contributed by atoms with E-state index in [1.165, 1.54) is 0 Å². The van der Waals surface area contributed by atoms with Crippen LogP contribution in [0.3, 0.4) is 0 Å². The van der Waals surface area contributed by atoms with Crippen molar-refractivity contribution in [1.29, 1.82) is 0 Å². The van der Waals surface area contributed by atoms with Gasteiger partial charge in [-0.2, -0.15) is 5.10 Å². The molecule has 2 aliphatic heterocycles. The molecule has 0 bridgehead atoms. The summed E-state index contributed by atoms with van der Waals surface area (Å²) in [7, 11) is 1.92. The Hall–Kier alpha value is -3.74. The Bertz CT molecular complexity index is 1410. The normalized spacial score (nSPS) is 21.9. The van der Waals surface area contributed by atoms with Crippen LogP contribution in [-0.4, -0.2) is 62.4 Å². The van der Waals surface area contributed by atoms with E-state index in [2.05, 4.69) is 53.6 Å². The van der Waals surface area contributed by atoms with E-state index in [0.717, 1.165) is 85.3 Å². The third kappa shape index (κ3) is 4.24. The maximum Gasteiger partial charge on any atom is 0.256 e. The molecule has 3 heterocycles. The Morgan fingerprint density at radius 2 is 1.55 bits per heavy atom. The molecule has 2 aromatic carbocycles. The number of amidine groups is 1. The van der Waals surface area contributed by atoms with Crippen LogP contribution in [-0.2, 0) is 16.6 Å². The molecule has 2 aliphatic carbocycles. The lowest BCUT2D eigenvalue weighted by Crippen LogP contribution is -2.38. The molecule has 1 atom stereocenters. The highest BCUT2D eigenvalue weighted by molar-refractivity contribution is 6.16. The standard InChI is InChI=1S/C31H33N5O2/c1-34-20-27(18-32-34)24-4-2-22(3-5-24)23-6-8-25(9-7-23)28-33-31(14-15-31)30(38)36(28)17-13-21-12-16-35(19-21)29(37)26-10-11-26/h2-9,18,20-21,26H,10-17,19H2,1H3. The van der Waals surface area contributed by atoms with Crippen LogP contribution < -0.4 is 0 Å². The van der Waals surface area contributed by atoms with Gasteiger partial charge in [-0.1, -0.05) is 48.5 Å². The number of aliphatic imine (C=N–C) groups is 1. The van der Waals surface area contributed by atoms with E-state index in [0.29, 0.717) is 18.4 Å². The van der Waals surface area contributed by atoms with Crippen molar-refractivity contribution in [2.45, 2.75) is 44.1 Å². The predicted octanol–water partition coefficient (Wildman–Crippen LogP) is 4.52. The largest absolute Gasteiger partial charge is 0.342 e. The molecule has 1 unspecified atom stereocenters. The zero-order valence-electron chi connectivity index (χ0n) is 21.8. The van der Waals surface area contributed by atoms with Gasteiger partial charge in [0.1, 0.15) is 11.4 Å². The molecule has 38 heavy (non-hydrogen) atoms. The molecule has 7 heteroatoms. The van der Waals surface area contributed by atoms with Crippen molar-refractivity contribution in [2.24, 2.45) is 23.9 Å². The van der Waals surface area contributed by atoms with Crippen molar-refractivity contribution in [3.63, 3.8) is 0 Å². The van der Waals surface area contributed by atoms with Crippen LogP contribution >= 0.6 is 0 Å². The van der Waals surface area contributed by atoms with Crippen LogP contribution in [0.25, 0.3) is 22.3 Å². The number of carbonyl (C=O) groups is 2. The lowest BCUT2D eigenvalue weighted by molar-refractivity contribution is -0.132. The van der Waals surface area contributed by atoms with Gasteiger partial charge in [-0.3, -0.25) is 24.2 Å². The highest BCUT2D eigenvalue weighted by Gasteiger charge is 2.57. The fourth-order valence-corrected chi connectivity index (χ4v) is 5.94. The van der Waals surface area contributed by atoms with Crippen LogP contribution in [0.5, 0.6) is 0 Å². The average Bonchev–Trinajstić information content (AvgIpc) is 3.83. The Balaban J connectivity index is 1.04. The van der Waals surface area contributed by atoms with E-state index in [4.69, 9.17) is 4.99 Å². The molecule has 2 amide bonds. The summed E-state index contributed by atoms with van der Waals surface area (Å²) in [5.41, 5.74) is 5.01. The van der Waals surface area contributed by atoms with Gasteiger partial charge in [0.2, 0.25) is 5.91 Å². The number of amides is 2. The fourth-order valence-electron chi connectivity index (χ4n) is 5.94. The zero-order valence-corrected chi connectivity index (χ0v) is 21.8. The number of benzene rings is 2. The molecule has 4 aliphatic rings. The highest BCUT2D eigenvalue weighted by atomic mass is 16.2. The third-order valence-corrected chi connectivity index (χ3v) is 8.63. The summed E-state index contributed by atoms with van der Waals surface area (Å²) in [5, 5.41) is 4.26. The number of hydrogen-bond acceptors (Lipinski definition) is 4. The van der Waals surface area contributed by atoms with Gasteiger partial charge in [0.05, 0.1) is 6.20 Å². The van der Waals surface area contributed by atoms with E-state index in [-0.39, 0.29) is 11.8 Å².